The van der Waals surface area contributed by atoms with Crippen LogP contribution in [0.2, 0.25) is 0 Å². The molecule has 4 aromatic rings. The molecule has 0 saturated carbocycles. The molecule has 4 rings (SSSR count). The highest BCUT2D eigenvalue weighted by atomic mass is 19.4. The van der Waals surface area contributed by atoms with E-state index in [-0.39, 0.29) is 17.6 Å². The molecule has 4 N–H and O–H groups in total. The molecule has 0 aliphatic carbocycles. The number of aryl methyl sites for hydroxylation is 1. The summed E-state index contributed by atoms with van der Waals surface area (Å²) in [5, 5.41) is 7.12. The SMILES string of the molecule is CCCCn1c(=O)n(Cc2ccccc2F)c(=O)c2[nH]c(Cc3ccc(N)cc3)nc21.O=C(O)C(F)(F)F. The van der Waals surface area contributed by atoms with Gasteiger partial charge in [-0.05, 0) is 30.2 Å². The molecule has 9 nitrogen and oxygen atoms in total. The van der Waals surface area contributed by atoms with E-state index in [0.717, 1.165) is 23.0 Å². The van der Waals surface area contributed by atoms with Crippen LogP contribution in [0.5, 0.6) is 0 Å². The van der Waals surface area contributed by atoms with Crippen LogP contribution in [0, 0.1) is 5.82 Å². The summed E-state index contributed by atoms with van der Waals surface area (Å²) < 4.78 is 48.5. The maximum Gasteiger partial charge on any atom is 0.490 e. The number of unbranched alkanes of at least 4 members (excludes halogenated alkanes) is 1. The quantitative estimate of drug-likeness (QED) is 0.244. The van der Waals surface area contributed by atoms with E-state index in [1.54, 1.807) is 30.3 Å². The van der Waals surface area contributed by atoms with Gasteiger partial charge in [-0.25, -0.2) is 19.0 Å². The summed E-state index contributed by atoms with van der Waals surface area (Å²) in [7, 11) is 0. The Balaban J connectivity index is 0.000000505. The van der Waals surface area contributed by atoms with E-state index in [4.69, 9.17) is 15.6 Å². The highest BCUT2D eigenvalue weighted by molar-refractivity contribution is 5.73. The summed E-state index contributed by atoms with van der Waals surface area (Å²) in [4.78, 5) is 42.8. The van der Waals surface area contributed by atoms with Crippen molar-refractivity contribution in [3.8, 4) is 0 Å². The van der Waals surface area contributed by atoms with Crippen LogP contribution in [-0.2, 0) is 24.3 Å². The van der Waals surface area contributed by atoms with Crippen LogP contribution in [-0.4, -0.2) is 36.4 Å². The molecule has 38 heavy (non-hydrogen) atoms. The fraction of sp³-hybridized carbons (Fsp3) is 0.280. The number of H-pyrrole nitrogens is 1. The summed E-state index contributed by atoms with van der Waals surface area (Å²) in [6, 6.07) is 13.5. The normalized spacial score (nSPS) is 11.3. The first-order valence-electron chi connectivity index (χ1n) is 11.5. The Hall–Kier alpha value is -4.42. The van der Waals surface area contributed by atoms with Crippen molar-refractivity contribution >= 4 is 22.8 Å². The molecular weight excluding hydrogens is 510 g/mol. The van der Waals surface area contributed by atoms with Crippen LogP contribution in [0.4, 0.5) is 23.2 Å². The molecular formula is C25H25F4N5O4. The van der Waals surface area contributed by atoms with Crippen LogP contribution < -0.4 is 17.0 Å². The minimum Gasteiger partial charge on any atom is -0.475 e. The van der Waals surface area contributed by atoms with Crippen molar-refractivity contribution in [3.05, 3.63) is 92.1 Å². The Bertz CT molecular complexity index is 1540. The zero-order valence-electron chi connectivity index (χ0n) is 20.3. The van der Waals surface area contributed by atoms with Gasteiger partial charge in [0, 0.05) is 24.2 Å². The highest BCUT2D eigenvalue weighted by Crippen LogP contribution is 2.14. The van der Waals surface area contributed by atoms with Gasteiger partial charge in [-0.2, -0.15) is 13.2 Å². The topological polar surface area (TPSA) is 136 Å². The van der Waals surface area contributed by atoms with E-state index in [2.05, 4.69) is 9.97 Å². The van der Waals surface area contributed by atoms with Gasteiger partial charge in [0.2, 0.25) is 0 Å². The molecule has 0 unspecified atom stereocenters. The fourth-order valence-electron chi connectivity index (χ4n) is 3.58. The number of carboxylic acids is 1. The lowest BCUT2D eigenvalue weighted by atomic mass is 10.1. The van der Waals surface area contributed by atoms with Crippen molar-refractivity contribution in [3.63, 3.8) is 0 Å². The van der Waals surface area contributed by atoms with E-state index < -0.39 is 29.2 Å². The second-order valence-electron chi connectivity index (χ2n) is 8.37. The Morgan fingerprint density at radius 3 is 2.29 bits per heavy atom. The Morgan fingerprint density at radius 2 is 1.71 bits per heavy atom. The largest absolute Gasteiger partial charge is 0.490 e. The van der Waals surface area contributed by atoms with E-state index in [1.807, 2.05) is 19.1 Å². The number of anilines is 1. The first-order chi connectivity index (χ1) is 17.9. The predicted molar refractivity (Wildman–Crippen MR) is 132 cm³/mol. The Kier molecular flexibility index (Phi) is 8.71. The fourth-order valence-corrected chi connectivity index (χ4v) is 3.58. The van der Waals surface area contributed by atoms with Crippen molar-refractivity contribution in [2.24, 2.45) is 0 Å². The van der Waals surface area contributed by atoms with Crippen molar-refractivity contribution < 1.29 is 27.5 Å². The van der Waals surface area contributed by atoms with Gasteiger partial charge in [0.25, 0.3) is 5.56 Å². The maximum absolute atomic E-state index is 14.2. The van der Waals surface area contributed by atoms with Gasteiger partial charge in [-0.3, -0.25) is 13.9 Å². The van der Waals surface area contributed by atoms with E-state index in [9.17, 15) is 27.2 Å². The molecule has 0 radical (unpaired) electrons. The number of carboxylic acid groups (broad SMARTS) is 1. The van der Waals surface area contributed by atoms with Crippen molar-refractivity contribution in [2.45, 2.75) is 45.5 Å². The number of nitrogens with one attached hydrogen (secondary N) is 1. The van der Waals surface area contributed by atoms with Crippen molar-refractivity contribution in [1.29, 1.82) is 0 Å². The minimum atomic E-state index is -5.08. The highest BCUT2D eigenvalue weighted by Gasteiger charge is 2.38. The predicted octanol–water partition coefficient (Wildman–Crippen LogP) is 3.68. The molecule has 0 aliphatic heterocycles. The molecule has 2 heterocycles. The number of aliphatic carboxylic acids is 1. The van der Waals surface area contributed by atoms with Gasteiger partial charge in [0.15, 0.2) is 5.65 Å². The lowest BCUT2D eigenvalue weighted by Crippen LogP contribution is -2.40. The van der Waals surface area contributed by atoms with E-state index in [0.29, 0.717) is 30.1 Å². The molecule has 202 valence electrons. The minimum absolute atomic E-state index is 0.140. The molecule has 0 atom stereocenters. The lowest BCUT2D eigenvalue weighted by Gasteiger charge is -2.11. The third-order valence-corrected chi connectivity index (χ3v) is 5.53. The number of rotatable bonds is 7. The average Bonchev–Trinajstić information content (AvgIpc) is 3.28. The number of fused-ring (bicyclic) bond motifs is 1. The van der Waals surface area contributed by atoms with Crippen LogP contribution in [0.15, 0.2) is 58.1 Å². The molecule has 0 saturated heterocycles. The average molecular weight is 535 g/mol. The summed E-state index contributed by atoms with van der Waals surface area (Å²) in [6.07, 6.45) is -2.99. The Morgan fingerprint density at radius 1 is 1.08 bits per heavy atom. The van der Waals surface area contributed by atoms with Gasteiger partial charge >= 0.3 is 17.8 Å². The Labute approximate surface area is 213 Å². The molecule has 13 heteroatoms. The van der Waals surface area contributed by atoms with Crippen LogP contribution in [0.1, 0.15) is 36.7 Å². The number of nitrogens with two attached hydrogens (primary N) is 1. The standard InChI is InChI=1S/C23H24FN5O2.C2HF3O2/c1-2-3-12-28-21-20(26-19(27-21)13-15-8-10-17(25)11-9-15)22(30)29(23(28)31)14-16-6-4-5-7-18(16)24;3-2(4,5)1(6)7/h4-11H,2-3,12-14,25H2,1H3,(H,26,27);(H,6,7). The zero-order chi connectivity index (χ0) is 28.0. The van der Waals surface area contributed by atoms with Gasteiger partial charge in [-0.1, -0.05) is 43.7 Å². The number of alkyl halides is 3. The van der Waals surface area contributed by atoms with Crippen molar-refractivity contribution in [1.82, 2.24) is 19.1 Å². The summed E-state index contributed by atoms with van der Waals surface area (Å²) in [6.45, 7) is 2.31. The second kappa shape index (κ2) is 11.8. The van der Waals surface area contributed by atoms with Crippen LogP contribution in [0.3, 0.4) is 0 Å². The smallest absolute Gasteiger partial charge is 0.475 e. The molecule has 0 amide bonds. The third-order valence-electron chi connectivity index (χ3n) is 5.53. The molecule has 0 aliphatic rings. The number of carbonyl (C=O) groups is 1. The van der Waals surface area contributed by atoms with Gasteiger partial charge in [0.05, 0.1) is 6.54 Å². The zero-order valence-corrected chi connectivity index (χ0v) is 20.3. The van der Waals surface area contributed by atoms with E-state index in [1.165, 1.54) is 10.6 Å². The molecule has 2 aromatic carbocycles. The molecule has 0 spiro atoms. The number of aromatic nitrogens is 4. The number of hydrogen-bond acceptors (Lipinski definition) is 5. The van der Waals surface area contributed by atoms with Crippen LogP contribution in [0.25, 0.3) is 11.2 Å². The number of imidazole rings is 1. The van der Waals surface area contributed by atoms with Gasteiger partial charge in [-0.15, -0.1) is 0 Å². The van der Waals surface area contributed by atoms with Crippen LogP contribution >= 0.6 is 0 Å². The second-order valence-corrected chi connectivity index (χ2v) is 8.37. The maximum atomic E-state index is 14.2. The number of hydrogen-bond donors (Lipinski definition) is 3. The first kappa shape index (κ1) is 28.2. The number of benzene rings is 2. The monoisotopic (exact) mass is 535 g/mol. The first-order valence-corrected chi connectivity index (χ1v) is 11.5. The lowest BCUT2D eigenvalue weighted by molar-refractivity contribution is -0.192. The number of halogens is 4. The third kappa shape index (κ3) is 6.66. The van der Waals surface area contributed by atoms with E-state index >= 15 is 0 Å². The molecule has 2 aromatic heterocycles. The number of nitrogens with zero attached hydrogens (tertiary/aromatic N) is 3. The number of nitrogen functional groups attached to an aromatic ring is 1. The summed E-state index contributed by atoms with van der Waals surface area (Å²) in [5.41, 5.74) is 7.25. The number of aromatic amines is 1. The molecule has 0 bridgehead atoms. The molecule has 0 fully saturated rings. The van der Waals surface area contributed by atoms with Gasteiger partial charge in [0.1, 0.15) is 17.2 Å². The van der Waals surface area contributed by atoms with Gasteiger partial charge < -0.3 is 15.8 Å². The van der Waals surface area contributed by atoms with Crippen molar-refractivity contribution in [2.75, 3.05) is 5.73 Å². The summed E-state index contributed by atoms with van der Waals surface area (Å²) >= 11 is 0. The summed E-state index contributed by atoms with van der Waals surface area (Å²) in [5.74, 6) is -2.64.